The van der Waals surface area contributed by atoms with Crippen molar-refractivity contribution >= 4 is 22.0 Å². The number of hydrogen-bond donors (Lipinski definition) is 1. The highest BCUT2D eigenvalue weighted by Gasteiger charge is 2.28. The lowest BCUT2D eigenvalue weighted by atomic mass is 10.0. The molecule has 0 aliphatic heterocycles. The van der Waals surface area contributed by atoms with Crippen LogP contribution in [0.1, 0.15) is 16.5 Å². The van der Waals surface area contributed by atoms with Gasteiger partial charge in [-0.15, -0.1) is 13.2 Å². The van der Waals surface area contributed by atoms with Gasteiger partial charge in [-0.25, -0.2) is 4.98 Å². The van der Waals surface area contributed by atoms with Crippen LogP contribution in [-0.4, -0.2) is 42.6 Å². The third-order valence-corrected chi connectivity index (χ3v) is 4.99. The predicted molar refractivity (Wildman–Crippen MR) is 99.4 cm³/mol. The Kier molecular flexibility index (Phi) is 5.10. The van der Waals surface area contributed by atoms with Gasteiger partial charge in [-0.2, -0.15) is 9.61 Å². The summed E-state index contributed by atoms with van der Waals surface area (Å²) in [4.78, 5) is 17.9. The summed E-state index contributed by atoms with van der Waals surface area (Å²) in [5.41, 5.74) is 0.817. The van der Waals surface area contributed by atoms with Crippen molar-refractivity contribution in [1.29, 1.82) is 0 Å². The van der Waals surface area contributed by atoms with Gasteiger partial charge in [-0.1, -0.05) is 35.6 Å². The number of fused-ring (bicyclic) bond motifs is 1. The summed E-state index contributed by atoms with van der Waals surface area (Å²) >= 11 is 1.32. The zero-order valence-electron chi connectivity index (χ0n) is 13.9. The summed E-state index contributed by atoms with van der Waals surface area (Å²) in [7, 11) is 0. The number of nitro benzene ring substituents is 1. The molecule has 1 aromatic carbocycles. The lowest BCUT2D eigenvalue weighted by Gasteiger charge is -2.29. The number of aromatic hydroxyl groups is 1. The Morgan fingerprint density at radius 2 is 1.96 bits per heavy atom. The minimum Gasteiger partial charge on any atom is -0.492 e. The Hall–Kier alpha value is -3.04. The SMILES string of the molecule is C=CCN(CC=C)C(c1ccc([N+](=O)[O-])cc1)c1sc2ncnn2c1O. The Balaban J connectivity index is 2.12. The molecule has 0 radical (unpaired) electrons. The van der Waals surface area contributed by atoms with Gasteiger partial charge in [0.1, 0.15) is 6.33 Å². The maximum Gasteiger partial charge on any atom is 0.269 e. The van der Waals surface area contributed by atoms with Gasteiger partial charge in [0.15, 0.2) is 0 Å². The average molecular weight is 371 g/mol. The van der Waals surface area contributed by atoms with E-state index in [1.54, 1.807) is 24.3 Å². The minimum absolute atomic E-state index is 0.00368. The van der Waals surface area contributed by atoms with Crippen molar-refractivity contribution in [3.8, 4) is 5.88 Å². The number of nitro groups is 1. The molecule has 134 valence electrons. The van der Waals surface area contributed by atoms with Crippen LogP contribution in [0.4, 0.5) is 5.69 Å². The molecule has 0 aliphatic rings. The molecule has 0 bridgehead atoms. The number of aromatic nitrogens is 3. The van der Waals surface area contributed by atoms with E-state index in [2.05, 4.69) is 23.2 Å². The second-order valence-electron chi connectivity index (χ2n) is 5.53. The Morgan fingerprint density at radius 1 is 1.31 bits per heavy atom. The monoisotopic (exact) mass is 371 g/mol. The first-order valence-corrected chi connectivity index (χ1v) is 8.60. The number of non-ortho nitro benzene ring substituents is 1. The molecule has 0 amide bonds. The van der Waals surface area contributed by atoms with E-state index < -0.39 is 4.92 Å². The first kappa shape index (κ1) is 17.8. The van der Waals surface area contributed by atoms with Crippen LogP contribution in [0.3, 0.4) is 0 Å². The third-order valence-electron chi connectivity index (χ3n) is 3.90. The summed E-state index contributed by atoms with van der Waals surface area (Å²) in [6.07, 6.45) is 4.90. The molecule has 1 atom stereocenters. The van der Waals surface area contributed by atoms with Gasteiger partial charge in [-0.3, -0.25) is 15.0 Å². The van der Waals surface area contributed by atoms with Crippen molar-refractivity contribution in [3.63, 3.8) is 0 Å². The molecule has 9 heteroatoms. The molecule has 3 aromatic rings. The minimum atomic E-state index is -0.440. The standard InChI is InChI=1S/C17H17N5O3S/c1-3-9-20(10-4-2)14(12-5-7-13(8-6-12)22(24)25)15-16(23)21-17(26-15)18-11-19-21/h3-8,11,14,23H,1-2,9-10H2. The molecule has 26 heavy (non-hydrogen) atoms. The fourth-order valence-electron chi connectivity index (χ4n) is 2.80. The molecule has 3 rings (SSSR count). The van der Waals surface area contributed by atoms with E-state index in [-0.39, 0.29) is 17.6 Å². The first-order valence-electron chi connectivity index (χ1n) is 7.78. The smallest absolute Gasteiger partial charge is 0.269 e. The van der Waals surface area contributed by atoms with E-state index >= 15 is 0 Å². The lowest BCUT2D eigenvalue weighted by Crippen LogP contribution is -2.29. The molecule has 0 spiro atoms. The predicted octanol–water partition coefficient (Wildman–Crippen LogP) is 3.17. The van der Waals surface area contributed by atoms with Crippen LogP contribution in [-0.2, 0) is 0 Å². The van der Waals surface area contributed by atoms with Gasteiger partial charge < -0.3 is 5.11 Å². The van der Waals surface area contributed by atoms with Crippen molar-refractivity contribution in [2.24, 2.45) is 0 Å². The highest BCUT2D eigenvalue weighted by atomic mass is 32.1. The topological polar surface area (TPSA) is 96.8 Å². The molecule has 0 fully saturated rings. The number of benzene rings is 1. The fraction of sp³-hybridized carbons (Fsp3) is 0.176. The van der Waals surface area contributed by atoms with E-state index in [9.17, 15) is 15.2 Å². The molecule has 1 N–H and O–H groups in total. The highest BCUT2D eigenvalue weighted by molar-refractivity contribution is 7.17. The van der Waals surface area contributed by atoms with Crippen molar-refractivity contribution in [1.82, 2.24) is 19.5 Å². The largest absolute Gasteiger partial charge is 0.492 e. The van der Waals surface area contributed by atoms with Crippen LogP contribution in [0.25, 0.3) is 4.96 Å². The first-order chi connectivity index (χ1) is 12.6. The van der Waals surface area contributed by atoms with E-state index in [1.807, 2.05) is 4.90 Å². The Bertz CT molecular complexity index is 937. The quantitative estimate of drug-likeness (QED) is 0.371. The maximum absolute atomic E-state index is 10.9. The van der Waals surface area contributed by atoms with E-state index in [0.717, 1.165) is 5.56 Å². The Labute approximate surface area is 153 Å². The molecule has 1 unspecified atom stereocenters. The van der Waals surface area contributed by atoms with Crippen molar-refractivity contribution in [2.45, 2.75) is 6.04 Å². The summed E-state index contributed by atoms with van der Waals surface area (Å²) in [6.45, 7) is 8.67. The van der Waals surface area contributed by atoms with Crippen LogP contribution in [0, 0.1) is 10.1 Å². The van der Waals surface area contributed by atoms with Crippen LogP contribution in [0.15, 0.2) is 55.9 Å². The van der Waals surface area contributed by atoms with E-state index in [1.165, 1.54) is 34.3 Å². The average Bonchev–Trinajstić information content (AvgIpc) is 3.20. The molecule has 0 saturated heterocycles. The van der Waals surface area contributed by atoms with E-state index in [0.29, 0.717) is 22.9 Å². The summed E-state index contributed by atoms with van der Waals surface area (Å²) in [5, 5.41) is 25.6. The molecule has 0 saturated carbocycles. The van der Waals surface area contributed by atoms with Crippen LogP contribution in [0.5, 0.6) is 5.88 Å². The summed E-state index contributed by atoms with van der Waals surface area (Å²) in [6, 6.07) is 5.95. The van der Waals surface area contributed by atoms with Crippen molar-refractivity contribution < 1.29 is 10.0 Å². The van der Waals surface area contributed by atoms with Crippen molar-refractivity contribution in [3.05, 3.63) is 76.5 Å². The Morgan fingerprint density at radius 3 is 2.50 bits per heavy atom. The zero-order chi connectivity index (χ0) is 18.7. The number of nitrogens with zero attached hydrogens (tertiary/aromatic N) is 5. The number of hydrogen-bond acceptors (Lipinski definition) is 7. The normalized spacial score (nSPS) is 12.3. The summed E-state index contributed by atoms with van der Waals surface area (Å²) in [5.74, 6) is 0.00368. The van der Waals surface area contributed by atoms with Gasteiger partial charge in [-0.05, 0) is 5.56 Å². The van der Waals surface area contributed by atoms with Crippen LogP contribution >= 0.6 is 11.3 Å². The molecule has 2 aromatic heterocycles. The van der Waals surface area contributed by atoms with Gasteiger partial charge >= 0.3 is 0 Å². The van der Waals surface area contributed by atoms with E-state index in [4.69, 9.17) is 0 Å². The van der Waals surface area contributed by atoms with Gasteiger partial charge in [0.05, 0.1) is 15.8 Å². The lowest BCUT2D eigenvalue weighted by molar-refractivity contribution is -0.384. The van der Waals surface area contributed by atoms with Crippen LogP contribution in [0.2, 0.25) is 0 Å². The van der Waals surface area contributed by atoms with Crippen LogP contribution < -0.4 is 0 Å². The molecule has 8 nitrogen and oxygen atoms in total. The zero-order valence-corrected chi connectivity index (χ0v) is 14.7. The third kappa shape index (κ3) is 3.22. The second-order valence-corrected chi connectivity index (χ2v) is 6.54. The van der Waals surface area contributed by atoms with Gasteiger partial charge in [0.2, 0.25) is 10.8 Å². The van der Waals surface area contributed by atoms with Gasteiger partial charge in [0.25, 0.3) is 5.69 Å². The fourth-order valence-corrected chi connectivity index (χ4v) is 3.89. The highest BCUT2D eigenvalue weighted by Crippen LogP contribution is 2.39. The molecule has 2 heterocycles. The number of rotatable bonds is 8. The maximum atomic E-state index is 10.9. The van der Waals surface area contributed by atoms with Crippen molar-refractivity contribution in [2.75, 3.05) is 13.1 Å². The summed E-state index contributed by atoms with van der Waals surface area (Å²) < 4.78 is 1.37. The number of thiazole rings is 1. The molecular weight excluding hydrogens is 354 g/mol. The van der Waals surface area contributed by atoms with Gasteiger partial charge in [0, 0.05) is 25.2 Å². The molecular formula is C17H17N5O3S. The molecule has 0 aliphatic carbocycles. The second kappa shape index (κ2) is 7.46.